The summed E-state index contributed by atoms with van der Waals surface area (Å²) in [6.07, 6.45) is 0. The van der Waals surface area contributed by atoms with Crippen LogP contribution < -0.4 is 10.1 Å². The van der Waals surface area contributed by atoms with E-state index in [4.69, 9.17) is 4.74 Å². The number of likely N-dealkylation sites (N-methyl/N-ethyl adjacent to an activating group) is 1. The number of anilines is 1. The molecule has 0 aliphatic carbocycles. The molecule has 138 valence electrons. The molecule has 7 heteroatoms. The molecule has 0 fully saturated rings. The van der Waals surface area contributed by atoms with Gasteiger partial charge in [-0.2, -0.15) is 0 Å². The summed E-state index contributed by atoms with van der Waals surface area (Å²) in [5.74, 6) is -2.42. The second-order valence-corrected chi connectivity index (χ2v) is 5.47. The fourth-order valence-corrected chi connectivity index (χ4v) is 2.32. The third-order valence-corrected chi connectivity index (χ3v) is 3.75. The van der Waals surface area contributed by atoms with E-state index in [0.29, 0.717) is 24.5 Å². The van der Waals surface area contributed by atoms with Crippen LogP contribution in [0.4, 0.5) is 14.5 Å². The monoisotopic (exact) mass is 362 g/mol. The van der Waals surface area contributed by atoms with E-state index in [1.165, 1.54) is 6.07 Å². The van der Waals surface area contributed by atoms with Crippen molar-refractivity contribution in [2.75, 3.05) is 25.0 Å². The molecule has 2 aromatic rings. The number of rotatable bonds is 7. The summed E-state index contributed by atoms with van der Waals surface area (Å²) in [6, 6.07) is 9.39. The fraction of sp³-hybridized carbons (Fsp3) is 0.263. The molecule has 0 saturated heterocycles. The Balaban J connectivity index is 2.01. The van der Waals surface area contributed by atoms with Gasteiger partial charge in [-0.25, -0.2) is 8.78 Å². The molecule has 26 heavy (non-hydrogen) atoms. The van der Waals surface area contributed by atoms with Crippen molar-refractivity contribution >= 4 is 17.5 Å². The number of hydrogen-bond donors (Lipinski definition) is 1. The summed E-state index contributed by atoms with van der Waals surface area (Å²) in [6.45, 7) is 4.86. The Kier molecular flexibility index (Phi) is 6.66. The summed E-state index contributed by atoms with van der Waals surface area (Å²) in [7, 11) is 0. The molecule has 0 radical (unpaired) electrons. The third-order valence-electron chi connectivity index (χ3n) is 3.75. The number of halogens is 2. The van der Waals surface area contributed by atoms with Crippen molar-refractivity contribution in [2.24, 2.45) is 0 Å². The van der Waals surface area contributed by atoms with Crippen LogP contribution in [0.1, 0.15) is 24.2 Å². The number of nitrogens with one attached hydrogen (secondary N) is 1. The summed E-state index contributed by atoms with van der Waals surface area (Å²) in [5, 5.41) is 2.57. The van der Waals surface area contributed by atoms with Crippen LogP contribution in [-0.4, -0.2) is 36.4 Å². The van der Waals surface area contributed by atoms with Crippen molar-refractivity contribution < 1.29 is 23.1 Å². The quantitative estimate of drug-likeness (QED) is 0.821. The van der Waals surface area contributed by atoms with Crippen molar-refractivity contribution in [1.82, 2.24) is 4.90 Å². The van der Waals surface area contributed by atoms with Crippen LogP contribution in [0.15, 0.2) is 42.5 Å². The average molecular weight is 362 g/mol. The van der Waals surface area contributed by atoms with Crippen LogP contribution in [0.5, 0.6) is 5.75 Å². The van der Waals surface area contributed by atoms with Crippen molar-refractivity contribution in [3.63, 3.8) is 0 Å². The number of nitrogens with zero attached hydrogens (tertiary/aromatic N) is 1. The maximum Gasteiger partial charge on any atom is 0.260 e. The van der Waals surface area contributed by atoms with Crippen LogP contribution >= 0.6 is 0 Å². The number of hydrogen-bond acceptors (Lipinski definition) is 3. The average Bonchev–Trinajstić information content (AvgIpc) is 2.63. The highest BCUT2D eigenvalue weighted by Gasteiger charge is 2.12. The van der Waals surface area contributed by atoms with Gasteiger partial charge in [0.1, 0.15) is 5.75 Å². The first-order valence-corrected chi connectivity index (χ1v) is 8.21. The number of benzene rings is 2. The summed E-state index contributed by atoms with van der Waals surface area (Å²) >= 11 is 0. The van der Waals surface area contributed by atoms with E-state index in [2.05, 4.69) is 5.32 Å². The van der Waals surface area contributed by atoms with Crippen LogP contribution in [0, 0.1) is 11.6 Å². The van der Waals surface area contributed by atoms with Crippen molar-refractivity contribution in [1.29, 1.82) is 0 Å². The first-order chi connectivity index (χ1) is 12.4. The van der Waals surface area contributed by atoms with Crippen LogP contribution in [0.3, 0.4) is 0 Å². The minimum Gasteiger partial charge on any atom is -0.484 e. The van der Waals surface area contributed by atoms with Gasteiger partial charge in [0.2, 0.25) is 0 Å². The van der Waals surface area contributed by atoms with Crippen LogP contribution in [-0.2, 0) is 4.79 Å². The van der Waals surface area contributed by atoms with E-state index in [1.54, 1.807) is 29.2 Å². The molecule has 2 aromatic carbocycles. The maximum atomic E-state index is 13.2. The van der Waals surface area contributed by atoms with Crippen molar-refractivity contribution in [2.45, 2.75) is 13.8 Å². The molecule has 0 aliphatic heterocycles. The van der Waals surface area contributed by atoms with Gasteiger partial charge >= 0.3 is 0 Å². The third kappa shape index (κ3) is 5.02. The van der Waals surface area contributed by atoms with Crippen molar-refractivity contribution in [3.8, 4) is 5.75 Å². The van der Waals surface area contributed by atoms with E-state index in [-0.39, 0.29) is 18.1 Å². The molecule has 2 amide bonds. The van der Waals surface area contributed by atoms with Gasteiger partial charge in [0.25, 0.3) is 11.8 Å². The molecule has 0 heterocycles. The first-order valence-electron chi connectivity index (χ1n) is 8.21. The molecular weight excluding hydrogens is 342 g/mol. The highest BCUT2D eigenvalue weighted by atomic mass is 19.2. The maximum absolute atomic E-state index is 13.2. The van der Waals surface area contributed by atoms with Gasteiger partial charge in [-0.1, -0.05) is 6.07 Å². The summed E-state index contributed by atoms with van der Waals surface area (Å²) in [4.78, 5) is 25.7. The largest absolute Gasteiger partial charge is 0.484 e. The van der Waals surface area contributed by atoms with Gasteiger partial charge < -0.3 is 15.0 Å². The highest BCUT2D eigenvalue weighted by molar-refractivity contribution is 6.04. The highest BCUT2D eigenvalue weighted by Crippen LogP contribution is 2.19. The molecule has 0 bridgehead atoms. The van der Waals surface area contributed by atoms with Gasteiger partial charge in [0.15, 0.2) is 18.2 Å². The Morgan fingerprint density at radius 1 is 1.04 bits per heavy atom. The van der Waals surface area contributed by atoms with Crippen LogP contribution in [0.2, 0.25) is 0 Å². The molecule has 0 aromatic heterocycles. The molecule has 5 nitrogen and oxygen atoms in total. The Hall–Kier alpha value is -2.96. The number of carbonyl (C=O) groups excluding carboxylic acids is 2. The molecule has 0 spiro atoms. The van der Waals surface area contributed by atoms with E-state index in [0.717, 1.165) is 12.1 Å². The lowest BCUT2D eigenvalue weighted by Gasteiger charge is -2.18. The van der Waals surface area contributed by atoms with Gasteiger partial charge in [0.05, 0.1) is 0 Å². The number of amides is 2. The minimum absolute atomic E-state index is 0.00747. The lowest BCUT2D eigenvalue weighted by atomic mass is 10.2. The molecule has 0 saturated carbocycles. The van der Waals surface area contributed by atoms with E-state index >= 15 is 0 Å². The first kappa shape index (κ1) is 19.4. The zero-order chi connectivity index (χ0) is 19.1. The summed E-state index contributed by atoms with van der Waals surface area (Å²) < 4.78 is 31.6. The van der Waals surface area contributed by atoms with E-state index in [9.17, 15) is 18.4 Å². The molecule has 0 unspecified atom stereocenters. The Labute approximate surface area is 150 Å². The Morgan fingerprint density at radius 3 is 2.42 bits per heavy atom. The Morgan fingerprint density at radius 2 is 1.77 bits per heavy atom. The number of ether oxygens (including phenoxy) is 1. The molecule has 2 rings (SSSR count). The van der Waals surface area contributed by atoms with Gasteiger partial charge in [-0.05, 0) is 44.2 Å². The lowest BCUT2D eigenvalue weighted by molar-refractivity contribution is -0.132. The topological polar surface area (TPSA) is 58.6 Å². The second-order valence-electron chi connectivity index (χ2n) is 5.47. The van der Waals surface area contributed by atoms with Gasteiger partial charge in [-0.15, -0.1) is 0 Å². The standard InChI is InChI=1S/C19H20F2N2O3/c1-3-23(4-2)18(24)12-26-15-7-5-6-14(11-15)22-19(25)13-8-9-16(20)17(21)10-13/h5-11H,3-4,12H2,1-2H3,(H,22,25). The van der Waals surface area contributed by atoms with Gasteiger partial charge in [0, 0.05) is 30.4 Å². The Bertz CT molecular complexity index is 792. The molecular formula is C19H20F2N2O3. The van der Waals surface area contributed by atoms with Gasteiger partial charge in [-0.3, -0.25) is 9.59 Å². The molecule has 0 atom stereocenters. The zero-order valence-corrected chi connectivity index (χ0v) is 14.6. The molecule has 0 aliphatic rings. The fourth-order valence-electron chi connectivity index (χ4n) is 2.32. The number of carbonyl (C=O) groups is 2. The van der Waals surface area contributed by atoms with E-state index in [1.807, 2.05) is 13.8 Å². The van der Waals surface area contributed by atoms with Crippen LogP contribution in [0.25, 0.3) is 0 Å². The predicted molar refractivity (Wildman–Crippen MR) is 94.2 cm³/mol. The second kappa shape index (κ2) is 8.94. The van der Waals surface area contributed by atoms with E-state index < -0.39 is 17.5 Å². The molecule has 1 N–H and O–H groups in total. The smallest absolute Gasteiger partial charge is 0.260 e. The summed E-state index contributed by atoms with van der Waals surface area (Å²) in [5.41, 5.74) is 0.402. The SMILES string of the molecule is CCN(CC)C(=O)COc1cccc(NC(=O)c2ccc(F)c(F)c2)c1. The normalized spacial score (nSPS) is 10.3. The predicted octanol–water partition coefficient (Wildman–Crippen LogP) is 3.46. The zero-order valence-electron chi connectivity index (χ0n) is 14.6. The lowest BCUT2D eigenvalue weighted by Crippen LogP contribution is -2.34. The minimum atomic E-state index is -1.09. The van der Waals surface area contributed by atoms with Crippen molar-refractivity contribution in [3.05, 3.63) is 59.7 Å².